The van der Waals surface area contributed by atoms with E-state index in [9.17, 15) is 4.79 Å². The van der Waals surface area contributed by atoms with Gasteiger partial charge < -0.3 is 0 Å². The molecule has 1 nitrogen and oxygen atoms in total. The Morgan fingerprint density at radius 2 is 1.57 bits per heavy atom. The number of hydrogen-bond donors (Lipinski definition) is 0. The minimum atomic E-state index is 0.0614. The van der Waals surface area contributed by atoms with Crippen LogP contribution in [0, 0.1) is 0 Å². The second kappa shape index (κ2) is 6.04. The van der Waals surface area contributed by atoms with E-state index in [-0.39, 0.29) is 5.78 Å². The lowest BCUT2D eigenvalue weighted by atomic mass is 9.97. The maximum absolute atomic E-state index is 12.7. The highest BCUT2D eigenvalue weighted by molar-refractivity contribution is 9.10. The van der Waals surface area contributed by atoms with Gasteiger partial charge in [0.25, 0.3) is 0 Å². The summed E-state index contributed by atoms with van der Waals surface area (Å²) >= 11 is 5.21. The van der Waals surface area contributed by atoms with Crippen LogP contribution in [-0.4, -0.2) is 12.0 Å². The third kappa shape index (κ3) is 2.76. The van der Waals surface area contributed by atoms with E-state index in [1.54, 1.807) is 11.8 Å². The molecule has 0 fully saturated rings. The van der Waals surface area contributed by atoms with Crippen molar-refractivity contribution >= 4 is 44.2 Å². The first-order chi connectivity index (χ1) is 10.2. The van der Waals surface area contributed by atoms with Gasteiger partial charge in [-0.05, 0) is 53.4 Å². The summed E-state index contributed by atoms with van der Waals surface area (Å²) in [4.78, 5) is 13.9. The number of halogens is 1. The largest absolute Gasteiger partial charge is 0.289 e. The van der Waals surface area contributed by atoms with Crippen molar-refractivity contribution in [1.29, 1.82) is 0 Å². The van der Waals surface area contributed by atoms with E-state index in [1.807, 2.05) is 66.9 Å². The van der Waals surface area contributed by atoms with Crippen molar-refractivity contribution in [2.24, 2.45) is 0 Å². The molecule has 0 heterocycles. The quantitative estimate of drug-likeness (QED) is 0.451. The summed E-state index contributed by atoms with van der Waals surface area (Å²) < 4.78 is 1.01. The first-order valence-electron chi connectivity index (χ1n) is 6.56. The Morgan fingerprint density at radius 1 is 0.905 bits per heavy atom. The number of hydrogen-bond acceptors (Lipinski definition) is 2. The highest BCUT2D eigenvalue weighted by Crippen LogP contribution is 2.28. The molecule has 0 saturated heterocycles. The highest BCUT2D eigenvalue weighted by atomic mass is 79.9. The molecule has 0 saturated carbocycles. The molecule has 3 aromatic carbocycles. The number of benzene rings is 3. The van der Waals surface area contributed by atoms with Crippen LogP contribution in [0.3, 0.4) is 0 Å². The van der Waals surface area contributed by atoms with Gasteiger partial charge in [0.05, 0.1) is 0 Å². The molecule has 104 valence electrons. The molecule has 0 atom stereocenters. The predicted molar refractivity (Wildman–Crippen MR) is 93.3 cm³/mol. The van der Waals surface area contributed by atoms with E-state index in [1.165, 1.54) is 0 Å². The molecule has 3 heteroatoms. The molecule has 3 rings (SSSR count). The van der Waals surface area contributed by atoms with Crippen LogP contribution in [0.25, 0.3) is 10.8 Å². The summed E-state index contributed by atoms with van der Waals surface area (Å²) in [6, 6.07) is 19.5. The van der Waals surface area contributed by atoms with Crippen LogP contribution in [0.5, 0.6) is 0 Å². The van der Waals surface area contributed by atoms with Crippen molar-refractivity contribution in [1.82, 2.24) is 0 Å². The summed E-state index contributed by atoms with van der Waals surface area (Å²) in [5.74, 6) is 0.0614. The molecular weight excluding hydrogens is 344 g/mol. The van der Waals surface area contributed by atoms with E-state index >= 15 is 0 Å². The molecule has 0 bridgehead atoms. The van der Waals surface area contributed by atoms with Gasteiger partial charge >= 0.3 is 0 Å². The third-order valence-electron chi connectivity index (χ3n) is 3.47. The Hall–Kier alpha value is -1.58. The minimum absolute atomic E-state index is 0.0614. The van der Waals surface area contributed by atoms with Gasteiger partial charge in [0.15, 0.2) is 5.78 Å². The van der Waals surface area contributed by atoms with E-state index in [4.69, 9.17) is 0 Å². The monoisotopic (exact) mass is 356 g/mol. The van der Waals surface area contributed by atoms with E-state index in [0.29, 0.717) is 0 Å². The molecule has 21 heavy (non-hydrogen) atoms. The van der Waals surface area contributed by atoms with E-state index < -0.39 is 0 Å². The lowest BCUT2D eigenvalue weighted by Crippen LogP contribution is -2.02. The second-order valence-corrected chi connectivity index (χ2v) is 6.43. The summed E-state index contributed by atoms with van der Waals surface area (Å²) in [6.07, 6.45) is 2.03. The van der Waals surface area contributed by atoms with Gasteiger partial charge in [0.2, 0.25) is 0 Å². The molecule has 3 aromatic rings. The highest BCUT2D eigenvalue weighted by Gasteiger charge is 2.13. The summed E-state index contributed by atoms with van der Waals surface area (Å²) in [5, 5.41) is 2.04. The van der Waals surface area contributed by atoms with Gasteiger partial charge in [0.1, 0.15) is 0 Å². The molecule has 0 spiro atoms. The normalized spacial score (nSPS) is 10.8. The van der Waals surface area contributed by atoms with Crippen LogP contribution >= 0.6 is 27.7 Å². The standard InChI is InChI=1S/C18H13BrOS/c1-21-13-8-6-12(7-9-13)18(20)16-10-11-17(19)15-5-3-2-4-14(15)16/h2-11H,1H3. The fraction of sp³-hybridized carbons (Fsp3) is 0.0556. The van der Waals surface area contributed by atoms with Crippen LogP contribution in [-0.2, 0) is 0 Å². The average Bonchev–Trinajstić information content (AvgIpc) is 2.55. The number of carbonyl (C=O) groups is 1. The van der Waals surface area contributed by atoms with Crippen molar-refractivity contribution in [2.45, 2.75) is 4.90 Å². The molecule has 0 aliphatic rings. The van der Waals surface area contributed by atoms with Crippen LogP contribution in [0.15, 0.2) is 70.0 Å². The molecule has 0 aromatic heterocycles. The Bertz CT molecular complexity index is 809. The van der Waals surface area contributed by atoms with Crippen molar-refractivity contribution in [2.75, 3.05) is 6.26 Å². The first-order valence-corrected chi connectivity index (χ1v) is 8.58. The average molecular weight is 357 g/mol. The smallest absolute Gasteiger partial charge is 0.193 e. The van der Waals surface area contributed by atoms with E-state index in [2.05, 4.69) is 15.9 Å². The van der Waals surface area contributed by atoms with Gasteiger partial charge in [-0.1, -0.05) is 40.2 Å². The predicted octanol–water partition coefficient (Wildman–Crippen LogP) is 5.56. The van der Waals surface area contributed by atoms with Crippen LogP contribution < -0.4 is 0 Å². The lowest BCUT2D eigenvalue weighted by molar-refractivity contribution is 0.104. The Labute approximate surface area is 136 Å². The van der Waals surface area contributed by atoms with Crippen molar-refractivity contribution in [3.8, 4) is 0 Å². The Balaban J connectivity index is 2.11. The van der Waals surface area contributed by atoms with Crippen molar-refractivity contribution < 1.29 is 4.79 Å². The van der Waals surface area contributed by atoms with Crippen LogP contribution in [0.4, 0.5) is 0 Å². The van der Waals surface area contributed by atoms with Gasteiger partial charge in [-0.3, -0.25) is 4.79 Å². The second-order valence-electron chi connectivity index (χ2n) is 4.70. The summed E-state index contributed by atoms with van der Waals surface area (Å²) in [5.41, 5.74) is 1.46. The van der Waals surface area contributed by atoms with Gasteiger partial charge in [-0.25, -0.2) is 0 Å². The Morgan fingerprint density at radius 3 is 2.24 bits per heavy atom. The fourth-order valence-electron chi connectivity index (χ4n) is 2.36. The number of carbonyl (C=O) groups excluding carboxylic acids is 1. The zero-order valence-corrected chi connectivity index (χ0v) is 13.9. The Kier molecular flexibility index (Phi) is 4.13. The van der Waals surface area contributed by atoms with E-state index in [0.717, 1.165) is 31.3 Å². The maximum atomic E-state index is 12.7. The molecule has 0 unspecified atom stereocenters. The van der Waals surface area contributed by atoms with Gasteiger partial charge in [-0.2, -0.15) is 0 Å². The summed E-state index contributed by atoms with van der Waals surface area (Å²) in [7, 11) is 0. The number of ketones is 1. The molecule has 0 aliphatic heterocycles. The molecule has 0 radical (unpaired) electrons. The number of fused-ring (bicyclic) bond motifs is 1. The van der Waals surface area contributed by atoms with Gasteiger partial charge in [0, 0.05) is 20.5 Å². The van der Waals surface area contributed by atoms with Crippen LogP contribution in [0.1, 0.15) is 15.9 Å². The summed E-state index contributed by atoms with van der Waals surface area (Å²) in [6.45, 7) is 0. The molecular formula is C18H13BrOS. The van der Waals surface area contributed by atoms with Crippen molar-refractivity contribution in [3.05, 3.63) is 76.3 Å². The maximum Gasteiger partial charge on any atom is 0.193 e. The zero-order chi connectivity index (χ0) is 14.8. The number of rotatable bonds is 3. The fourth-order valence-corrected chi connectivity index (χ4v) is 3.24. The van der Waals surface area contributed by atoms with Gasteiger partial charge in [-0.15, -0.1) is 11.8 Å². The first kappa shape index (κ1) is 14.4. The molecule has 0 aliphatic carbocycles. The van der Waals surface area contributed by atoms with Crippen LogP contribution in [0.2, 0.25) is 0 Å². The molecule has 0 N–H and O–H groups in total. The SMILES string of the molecule is CSc1ccc(C(=O)c2ccc(Br)c3ccccc23)cc1. The topological polar surface area (TPSA) is 17.1 Å². The third-order valence-corrected chi connectivity index (χ3v) is 4.90. The zero-order valence-electron chi connectivity index (χ0n) is 11.5. The number of thioether (sulfide) groups is 1. The minimum Gasteiger partial charge on any atom is -0.289 e. The lowest BCUT2D eigenvalue weighted by Gasteiger charge is -2.08. The molecule has 0 amide bonds. The van der Waals surface area contributed by atoms with Crippen molar-refractivity contribution in [3.63, 3.8) is 0 Å².